The lowest BCUT2D eigenvalue weighted by Gasteiger charge is -2.18. The summed E-state index contributed by atoms with van der Waals surface area (Å²) in [6.07, 6.45) is 5.58. The summed E-state index contributed by atoms with van der Waals surface area (Å²) in [5, 5.41) is 8.60. The summed E-state index contributed by atoms with van der Waals surface area (Å²) in [6.45, 7) is 0. The summed E-state index contributed by atoms with van der Waals surface area (Å²) >= 11 is 0. The first kappa shape index (κ1) is 7.14. The first-order chi connectivity index (χ1) is 5.25. The Labute approximate surface area is 66.6 Å². The Balaban J connectivity index is 1.92. The van der Waals surface area contributed by atoms with Gasteiger partial charge < -0.3 is 5.11 Å². The maximum atomic E-state index is 10.4. The minimum atomic E-state index is -0.609. The van der Waals surface area contributed by atoms with Crippen LogP contribution in [0.5, 0.6) is 0 Å². The third-order valence-corrected chi connectivity index (χ3v) is 3.32. The molecule has 0 aromatic heterocycles. The van der Waals surface area contributed by atoms with E-state index in [0.29, 0.717) is 12.3 Å². The predicted molar refractivity (Wildman–Crippen MR) is 41.2 cm³/mol. The highest BCUT2D eigenvalue weighted by atomic mass is 16.4. The molecule has 62 valence electrons. The lowest BCUT2D eigenvalue weighted by Crippen LogP contribution is -2.14. The van der Waals surface area contributed by atoms with Gasteiger partial charge in [0, 0.05) is 6.42 Å². The zero-order chi connectivity index (χ0) is 7.84. The number of rotatable bonds is 2. The van der Waals surface area contributed by atoms with Crippen molar-refractivity contribution in [1.29, 1.82) is 0 Å². The maximum absolute atomic E-state index is 10.4. The van der Waals surface area contributed by atoms with Crippen molar-refractivity contribution >= 4 is 5.97 Å². The molecule has 1 N–H and O–H groups in total. The Morgan fingerprint density at radius 3 is 2.64 bits per heavy atom. The van der Waals surface area contributed by atoms with Gasteiger partial charge in [0.05, 0.1) is 0 Å². The van der Waals surface area contributed by atoms with Crippen LogP contribution < -0.4 is 0 Å². The van der Waals surface area contributed by atoms with Crippen LogP contribution in [0.15, 0.2) is 0 Å². The standard InChI is InChI=1S/C9H14O2/c10-9(11)5-8-4-6-1-2-7(8)3-6/h6-8H,1-5H2,(H,10,11)/t6-,7?,8?/m1/s1. The van der Waals surface area contributed by atoms with Gasteiger partial charge in [0.2, 0.25) is 0 Å². The van der Waals surface area contributed by atoms with E-state index in [9.17, 15) is 4.79 Å². The highest BCUT2D eigenvalue weighted by Crippen LogP contribution is 2.49. The third kappa shape index (κ3) is 1.26. The van der Waals surface area contributed by atoms with Crippen molar-refractivity contribution in [3.63, 3.8) is 0 Å². The Morgan fingerprint density at radius 2 is 2.18 bits per heavy atom. The molecule has 0 amide bonds. The Bertz CT molecular complexity index is 176. The average Bonchev–Trinajstić information content (AvgIpc) is 2.45. The lowest BCUT2D eigenvalue weighted by atomic mass is 9.86. The fourth-order valence-electron chi connectivity index (χ4n) is 2.85. The van der Waals surface area contributed by atoms with E-state index in [0.717, 1.165) is 11.8 Å². The van der Waals surface area contributed by atoms with Crippen LogP contribution >= 0.6 is 0 Å². The molecule has 0 saturated heterocycles. The Morgan fingerprint density at radius 1 is 1.36 bits per heavy atom. The molecule has 2 heteroatoms. The van der Waals surface area contributed by atoms with Crippen LogP contribution in [0, 0.1) is 17.8 Å². The van der Waals surface area contributed by atoms with Crippen molar-refractivity contribution in [2.24, 2.45) is 17.8 Å². The number of carboxylic acid groups (broad SMARTS) is 1. The lowest BCUT2D eigenvalue weighted by molar-refractivity contribution is -0.138. The van der Waals surface area contributed by atoms with E-state index in [-0.39, 0.29) is 0 Å². The minimum absolute atomic E-state index is 0.418. The van der Waals surface area contributed by atoms with Crippen LogP contribution in [0.2, 0.25) is 0 Å². The summed E-state index contributed by atoms with van der Waals surface area (Å²) < 4.78 is 0. The molecule has 2 unspecified atom stereocenters. The third-order valence-electron chi connectivity index (χ3n) is 3.32. The Hall–Kier alpha value is -0.530. The van der Waals surface area contributed by atoms with E-state index in [2.05, 4.69) is 0 Å². The zero-order valence-corrected chi connectivity index (χ0v) is 6.62. The summed E-state index contributed by atoms with van der Waals surface area (Å²) in [6, 6.07) is 0. The van der Waals surface area contributed by atoms with E-state index in [1.54, 1.807) is 0 Å². The van der Waals surface area contributed by atoms with Crippen molar-refractivity contribution in [3.05, 3.63) is 0 Å². The number of carbonyl (C=O) groups is 1. The van der Waals surface area contributed by atoms with Gasteiger partial charge in [0.1, 0.15) is 0 Å². The first-order valence-corrected chi connectivity index (χ1v) is 4.47. The van der Waals surface area contributed by atoms with Crippen LogP contribution in [-0.4, -0.2) is 11.1 Å². The van der Waals surface area contributed by atoms with E-state index >= 15 is 0 Å². The van der Waals surface area contributed by atoms with Gasteiger partial charge in [-0.1, -0.05) is 6.42 Å². The zero-order valence-electron chi connectivity index (χ0n) is 6.62. The van der Waals surface area contributed by atoms with Gasteiger partial charge in [0.25, 0.3) is 0 Å². The molecule has 0 aliphatic heterocycles. The van der Waals surface area contributed by atoms with Crippen LogP contribution in [0.1, 0.15) is 32.1 Å². The minimum Gasteiger partial charge on any atom is -0.481 e. The summed E-state index contributed by atoms with van der Waals surface area (Å²) in [5.74, 6) is 1.55. The van der Waals surface area contributed by atoms with E-state index in [1.165, 1.54) is 25.7 Å². The molecule has 2 aliphatic rings. The number of carboxylic acids is 1. The summed E-state index contributed by atoms with van der Waals surface area (Å²) in [7, 11) is 0. The van der Waals surface area contributed by atoms with Crippen LogP contribution in [0.25, 0.3) is 0 Å². The molecular weight excluding hydrogens is 140 g/mol. The molecule has 11 heavy (non-hydrogen) atoms. The molecule has 0 spiro atoms. The van der Waals surface area contributed by atoms with Gasteiger partial charge in [-0.05, 0) is 37.0 Å². The normalized spacial score (nSPS) is 41.3. The van der Waals surface area contributed by atoms with Crippen molar-refractivity contribution in [1.82, 2.24) is 0 Å². The number of aliphatic carboxylic acids is 1. The van der Waals surface area contributed by atoms with Gasteiger partial charge in [0.15, 0.2) is 0 Å². The summed E-state index contributed by atoms with van der Waals surface area (Å²) in [4.78, 5) is 10.4. The fraction of sp³-hybridized carbons (Fsp3) is 0.889. The van der Waals surface area contributed by atoms with E-state index in [1.807, 2.05) is 0 Å². The monoisotopic (exact) mass is 154 g/mol. The molecule has 2 bridgehead atoms. The van der Waals surface area contributed by atoms with Gasteiger partial charge in [-0.2, -0.15) is 0 Å². The summed E-state index contributed by atoms with van der Waals surface area (Å²) in [5.41, 5.74) is 0. The van der Waals surface area contributed by atoms with Gasteiger partial charge in [-0.15, -0.1) is 0 Å². The molecule has 2 rings (SSSR count). The predicted octanol–water partition coefficient (Wildman–Crippen LogP) is 1.90. The molecule has 2 saturated carbocycles. The molecule has 2 fully saturated rings. The Kier molecular flexibility index (Phi) is 1.63. The number of fused-ring (bicyclic) bond motifs is 2. The topological polar surface area (TPSA) is 37.3 Å². The molecule has 0 heterocycles. The van der Waals surface area contributed by atoms with E-state index in [4.69, 9.17) is 5.11 Å². The first-order valence-electron chi connectivity index (χ1n) is 4.47. The highest BCUT2D eigenvalue weighted by Gasteiger charge is 2.39. The van der Waals surface area contributed by atoms with Crippen molar-refractivity contribution in [3.8, 4) is 0 Å². The van der Waals surface area contributed by atoms with Crippen LogP contribution in [0.4, 0.5) is 0 Å². The van der Waals surface area contributed by atoms with Crippen molar-refractivity contribution < 1.29 is 9.90 Å². The van der Waals surface area contributed by atoms with E-state index < -0.39 is 5.97 Å². The number of hydrogen-bond acceptors (Lipinski definition) is 1. The highest BCUT2D eigenvalue weighted by molar-refractivity contribution is 5.67. The molecule has 0 radical (unpaired) electrons. The van der Waals surface area contributed by atoms with Crippen LogP contribution in [-0.2, 0) is 4.79 Å². The molecule has 3 atom stereocenters. The molecule has 2 nitrogen and oxygen atoms in total. The molecule has 0 aromatic carbocycles. The second-order valence-corrected chi connectivity index (χ2v) is 4.03. The maximum Gasteiger partial charge on any atom is 0.303 e. The number of hydrogen-bond donors (Lipinski definition) is 1. The largest absolute Gasteiger partial charge is 0.481 e. The van der Waals surface area contributed by atoms with Crippen LogP contribution in [0.3, 0.4) is 0 Å². The second-order valence-electron chi connectivity index (χ2n) is 4.03. The molecule has 2 aliphatic carbocycles. The quantitative estimate of drug-likeness (QED) is 0.659. The van der Waals surface area contributed by atoms with Gasteiger partial charge in [-0.3, -0.25) is 4.79 Å². The van der Waals surface area contributed by atoms with Crippen molar-refractivity contribution in [2.75, 3.05) is 0 Å². The fourth-order valence-corrected chi connectivity index (χ4v) is 2.85. The van der Waals surface area contributed by atoms with Crippen molar-refractivity contribution in [2.45, 2.75) is 32.1 Å². The molecular formula is C9H14O2. The molecule has 0 aromatic rings. The van der Waals surface area contributed by atoms with Gasteiger partial charge in [-0.25, -0.2) is 0 Å². The average molecular weight is 154 g/mol. The smallest absolute Gasteiger partial charge is 0.303 e. The SMILES string of the molecule is O=C(O)CC1C[C@@H]2CCC1C2. The van der Waals surface area contributed by atoms with Gasteiger partial charge >= 0.3 is 5.97 Å². The second kappa shape index (κ2) is 2.50.